The molecule has 7 nitrogen and oxygen atoms in total. The van der Waals surface area contributed by atoms with Crippen molar-refractivity contribution in [2.24, 2.45) is 0 Å². The largest absolute Gasteiger partial charge is 0.492 e. The van der Waals surface area contributed by atoms with Crippen LogP contribution < -0.4 is 14.8 Å². The van der Waals surface area contributed by atoms with E-state index in [-0.39, 0.29) is 18.1 Å². The molecule has 1 aromatic carbocycles. The normalized spacial score (nSPS) is 22.0. The molecule has 0 radical (unpaired) electrons. The number of aromatic nitrogens is 2. The van der Waals surface area contributed by atoms with Gasteiger partial charge in [0.25, 0.3) is 5.91 Å². The fourth-order valence-corrected chi connectivity index (χ4v) is 3.19. The molecule has 1 fully saturated rings. The number of H-pyrrole nitrogens is 1. The van der Waals surface area contributed by atoms with Crippen LogP contribution in [0.1, 0.15) is 15.9 Å². The summed E-state index contributed by atoms with van der Waals surface area (Å²) in [5, 5.41) is 10.0. The minimum Gasteiger partial charge on any atom is -0.492 e. The van der Waals surface area contributed by atoms with Gasteiger partial charge in [0, 0.05) is 11.4 Å². The zero-order valence-electron chi connectivity index (χ0n) is 12.8. The summed E-state index contributed by atoms with van der Waals surface area (Å²) in [5.74, 6) is 0.979. The lowest BCUT2D eigenvalue weighted by molar-refractivity contribution is 0.0901. The molecule has 2 aromatic rings. The highest BCUT2D eigenvalue weighted by molar-refractivity contribution is 6.31. The highest BCUT2D eigenvalue weighted by Gasteiger charge is 2.33. The van der Waals surface area contributed by atoms with Crippen molar-refractivity contribution in [3.63, 3.8) is 0 Å². The number of rotatable bonds is 4. The second kappa shape index (κ2) is 6.33. The summed E-state index contributed by atoms with van der Waals surface area (Å²) in [4.78, 5) is 12.7. The van der Waals surface area contributed by atoms with Gasteiger partial charge in [-0.05, 0) is 17.7 Å². The lowest BCUT2D eigenvalue weighted by Crippen LogP contribution is -2.45. The van der Waals surface area contributed by atoms with Crippen LogP contribution in [0.4, 0.5) is 0 Å². The average Bonchev–Trinajstić information content (AvgIpc) is 3.29. The zero-order valence-corrected chi connectivity index (χ0v) is 13.5. The smallest absolute Gasteiger partial charge is 0.255 e. The second-order valence-electron chi connectivity index (χ2n) is 5.75. The average molecular weight is 350 g/mol. The van der Waals surface area contributed by atoms with Crippen LogP contribution in [0.25, 0.3) is 0 Å². The number of aromatic amines is 1. The van der Waals surface area contributed by atoms with Crippen LogP contribution in [0.3, 0.4) is 0 Å². The van der Waals surface area contributed by atoms with Crippen LogP contribution in [0.5, 0.6) is 11.5 Å². The van der Waals surface area contributed by atoms with Crippen molar-refractivity contribution >= 4 is 17.5 Å². The quantitative estimate of drug-likeness (QED) is 0.875. The number of halogens is 1. The molecule has 8 heteroatoms. The number of hydrogen-bond donors (Lipinski definition) is 2. The number of ether oxygens (including phenoxy) is 3. The molecule has 2 aliphatic heterocycles. The summed E-state index contributed by atoms with van der Waals surface area (Å²) in [5.41, 5.74) is 1.41. The number of nitrogens with zero attached hydrogens (tertiary/aromatic N) is 1. The van der Waals surface area contributed by atoms with Crippen molar-refractivity contribution in [3.8, 4) is 11.5 Å². The molecular formula is C16H16ClN3O4. The van der Waals surface area contributed by atoms with Gasteiger partial charge in [0.05, 0.1) is 43.8 Å². The van der Waals surface area contributed by atoms with E-state index in [1.807, 2.05) is 6.07 Å². The maximum absolute atomic E-state index is 12.7. The molecule has 3 heterocycles. The van der Waals surface area contributed by atoms with Crippen molar-refractivity contribution < 1.29 is 19.0 Å². The van der Waals surface area contributed by atoms with Crippen LogP contribution >= 0.6 is 11.6 Å². The number of carbonyl (C=O) groups is 1. The number of fused-ring (bicyclic) bond motifs is 1. The van der Waals surface area contributed by atoms with Gasteiger partial charge in [-0.3, -0.25) is 9.89 Å². The van der Waals surface area contributed by atoms with Gasteiger partial charge in [-0.1, -0.05) is 11.6 Å². The van der Waals surface area contributed by atoms with Crippen LogP contribution in [-0.2, 0) is 11.2 Å². The first kappa shape index (κ1) is 15.3. The Morgan fingerprint density at radius 3 is 3.17 bits per heavy atom. The maximum atomic E-state index is 12.7. The molecule has 0 unspecified atom stereocenters. The Labute approximate surface area is 143 Å². The van der Waals surface area contributed by atoms with E-state index in [1.54, 1.807) is 18.5 Å². The number of nitrogens with one attached hydrogen (secondary N) is 2. The SMILES string of the molecule is O=C(N[C@H]1COC[C@H]1Oc1cn[nH]c1)c1cc(Cl)cc2c1OCC2. The summed E-state index contributed by atoms with van der Waals surface area (Å²) in [6.45, 7) is 1.35. The van der Waals surface area contributed by atoms with Gasteiger partial charge in [0.1, 0.15) is 11.9 Å². The molecule has 1 aromatic heterocycles. The summed E-state index contributed by atoms with van der Waals surface area (Å²) in [6.07, 6.45) is 3.71. The van der Waals surface area contributed by atoms with Crippen LogP contribution in [0.2, 0.25) is 5.02 Å². The number of benzene rings is 1. The molecule has 2 aliphatic rings. The number of carbonyl (C=O) groups excluding carboxylic acids is 1. The Hall–Kier alpha value is -2.25. The van der Waals surface area contributed by atoms with E-state index in [4.69, 9.17) is 25.8 Å². The van der Waals surface area contributed by atoms with Crippen molar-refractivity contribution in [2.45, 2.75) is 18.6 Å². The zero-order chi connectivity index (χ0) is 16.5. The first-order chi connectivity index (χ1) is 11.7. The monoisotopic (exact) mass is 349 g/mol. The molecule has 2 atom stereocenters. The van der Waals surface area contributed by atoms with Crippen LogP contribution in [0, 0.1) is 0 Å². The van der Waals surface area contributed by atoms with Gasteiger partial charge in [-0.15, -0.1) is 0 Å². The molecule has 4 rings (SSSR count). The summed E-state index contributed by atoms with van der Waals surface area (Å²) < 4.78 is 16.8. The van der Waals surface area contributed by atoms with E-state index in [9.17, 15) is 4.79 Å². The minimum atomic E-state index is -0.278. The van der Waals surface area contributed by atoms with E-state index in [0.29, 0.717) is 41.9 Å². The molecule has 24 heavy (non-hydrogen) atoms. The predicted octanol–water partition coefficient (Wildman–Crippen LogP) is 1.57. The number of amides is 1. The summed E-state index contributed by atoms with van der Waals surface area (Å²) in [7, 11) is 0. The highest BCUT2D eigenvalue weighted by atomic mass is 35.5. The molecular weight excluding hydrogens is 334 g/mol. The van der Waals surface area contributed by atoms with E-state index in [1.165, 1.54) is 0 Å². The molecule has 0 bridgehead atoms. The molecule has 0 saturated carbocycles. The van der Waals surface area contributed by atoms with Gasteiger partial charge in [-0.2, -0.15) is 5.10 Å². The van der Waals surface area contributed by atoms with Gasteiger partial charge < -0.3 is 19.5 Å². The Balaban J connectivity index is 1.50. The topological polar surface area (TPSA) is 85.5 Å². The standard InChI is InChI=1S/C16H16ClN3O4/c17-10-3-9-1-2-23-15(9)12(4-10)16(21)20-13-7-22-8-14(13)24-11-5-18-19-6-11/h3-6,13-14H,1-2,7-8H2,(H,18,19)(H,20,21)/t13-,14+/m0/s1. The fraction of sp³-hybridized carbons (Fsp3) is 0.375. The molecule has 2 N–H and O–H groups in total. The van der Waals surface area contributed by atoms with Gasteiger partial charge in [-0.25, -0.2) is 0 Å². The van der Waals surface area contributed by atoms with E-state index >= 15 is 0 Å². The Morgan fingerprint density at radius 2 is 2.33 bits per heavy atom. The lowest BCUT2D eigenvalue weighted by atomic mass is 10.1. The summed E-state index contributed by atoms with van der Waals surface area (Å²) >= 11 is 6.12. The van der Waals surface area contributed by atoms with E-state index < -0.39 is 0 Å². The van der Waals surface area contributed by atoms with Crippen molar-refractivity contribution in [3.05, 3.63) is 40.7 Å². The third kappa shape index (κ3) is 2.92. The van der Waals surface area contributed by atoms with E-state index in [2.05, 4.69) is 15.5 Å². The fourth-order valence-electron chi connectivity index (χ4n) is 2.95. The molecule has 1 amide bonds. The number of hydrogen-bond acceptors (Lipinski definition) is 5. The third-order valence-corrected chi connectivity index (χ3v) is 4.32. The Bertz CT molecular complexity index is 750. The minimum absolute atomic E-state index is 0.244. The van der Waals surface area contributed by atoms with Gasteiger partial charge in [0.2, 0.25) is 0 Å². The maximum Gasteiger partial charge on any atom is 0.255 e. The third-order valence-electron chi connectivity index (χ3n) is 4.10. The molecule has 0 aliphatic carbocycles. The molecule has 126 valence electrons. The van der Waals surface area contributed by atoms with Gasteiger partial charge in [0.15, 0.2) is 5.75 Å². The Morgan fingerprint density at radius 1 is 1.42 bits per heavy atom. The predicted molar refractivity (Wildman–Crippen MR) is 85.7 cm³/mol. The lowest BCUT2D eigenvalue weighted by Gasteiger charge is -2.20. The molecule has 0 spiro atoms. The van der Waals surface area contributed by atoms with Crippen LogP contribution in [-0.4, -0.2) is 48.1 Å². The van der Waals surface area contributed by atoms with E-state index in [0.717, 1.165) is 12.0 Å². The van der Waals surface area contributed by atoms with Crippen molar-refractivity contribution in [2.75, 3.05) is 19.8 Å². The summed E-state index contributed by atoms with van der Waals surface area (Å²) in [6, 6.07) is 3.20. The highest BCUT2D eigenvalue weighted by Crippen LogP contribution is 2.33. The Kier molecular flexibility index (Phi) is 4.03. The first-order valence-electron chi connectivity index (χ1n) is 7.70. The second-order valence-corrected chi connectivity index (χ2v) is 6.18. The first-order valence-corrected chi connectivity index (χ1v) is 8.08. The van der Waals surface area contributed by atoms with Crippen molar-refractivity contribution in [1.82, 2.24) is 15.5 Å². The molecule has 1 saturated heterocycles. The van der Waals surface area contributed by atoms with Crippen molar-refractivity contribution in [1.29, 1.82) is 0 Å². The van der Waals surface area contributed by atoms with Gasteiger partial charge >= 0.3 is 0 Å². The van der Waals surface area contributed by atoms with Crippen LogP contribution in [0.15, 0.2) is 24.5 Å².